The number of ether oxygens (including phenoxy) is 1. The number of carbonyl (C=O) groups excluding carboxylic acids is 3. The van der Waals surface area contributed by atoms with Gasteiger partial charge in [0.05, 0.1) is 29.6 Å². The molecule has 0 unspecified atom stereocenters. The average molecular weight is 546 g/mol. The van der Waals surface area contributed by atoms with Gasteiger partial charge in [0.2, 0.25) is 5.91 Å². The molecule has 2 N–H and O–H groups in total. The Balaban J connectivity index is 1.42. The van der Waals surface area contributed by atoms with Gasteiger partial charge in [-0.25, -0.2) is 4.98 Å². The van der Waals surface area contributed by atoms with Gasteiger partial charge in [-0.2, -0.15) is 5.10 Å². The van der Waals surface area contributed by atoms with Gasteiger partial charge in [0.1, 0.15) is 23.3 Å². The van der Waals surface area contributed by atoms with E-state index < -0.39 is 11.9 Å². The van der Waals surface area contributed by atoms with Gasteiger partial charge in [-0.15, -0.1) is 0 Å². The number of fused-ring (bicyclic) bond motifs is 1. The van der Waals surface area contributed by atoms with Crippen molar-refractivity contribution >= 4 is 40.8 Å². The predicted molar refractivity (Wildman–Crippen MR) is 144 cm³/mol. The average Bonchev–Trinajstić information content (AvgIpc) is 3.26. The molecule has 1 aliphatic rings. The number of amides is 3. The lowest BCUT2D eigenvalue weighted by Gasteiger charge is -2.29. The second-order valence-corrected chi connectivity index (χ2v) is 9.25. The maximum Gasteiger partial charge on any atom is 0.275 e. The Morgan fingerprint density at radius 2 is 1.97 bits per heavy atom. The molecule has 4 aromatic rings. The molecule has 5 rings (SSSR count). The van der Waals surface area contributed by atoms with Gasteiger partial charge in [0, 0.05) is 44.2 Å². The molecule has 1 aromatic carbocycles. The molecule has 1 aliphatic heterocycles. The zero-order valence-corrected chi connectivity index (χ0v) is 21.8. The van der Waals surface area contributed by atoms with E-state index in [0.29, 0.717) is 28.5 Å². The summed E-state index contributed by atoms with van der Waals surface area (Å²) in [5.74, 6) is -0.320. The molecule has 0 saturated carbocycles. The van der Waals surface area contributed by atoms with Crippen LogP contribution in [0, 0.1) is 0 Å². The highest BCUT2D eigenvalue weighted by atomic mass is 35.5. The molecular weight excluding hydrogens is 522 g/mol. The predicted octanol–water partition coefficient (Wildman–Crippen LogP) is 3.33. The van der Waals surface area contributed by atoms with Crippen molar-refractivity contribution in [2.45, 2.75) is 19.0 Å². The smallest absolute Gasteiger partial charge is 0.275 e. The minimum absolute atomic E-state index is 0.0629. The third-order valence-corrected chi connectivity index (χ3v) is 6.62. The van der Waals surface area contributed by atoms with E-state index in [-0.39, 0.29) is 41.1 Å². The Hall–Kier alpha value is -4.77. The Bertz CT molecular complexity index is 1560. The van der Waals surface area contributed by atoms with Crippen LogP contribution in [0.3, 0.4) is 0 Å². The largest absolute Gasteiger partial charge is 0.497 e. The van der Waals surface area contributed by atoms with Crippen LogP contribution in [0.2, 0.25) is 5.02 Å². The van der Waals surface area contributed by atoms with Crippen molar-refractivity contribution in [2.75, 3.05) is 17.7 Å². The summed E-state index contributed by atoms with van der Waals surface area (Å²) in [5.41, 5.74) is 2.13. The molecule has 4 heterocycles. The molecule has 11 nitrogen and oxygen atoms in total. The second-order valence-electron chi connectivity index (χ2n) is 8.84. The van der Waals surface area contributed by atoms with Gasteiger partial charge in [0.25, 0.3) is 11.8 Å². The number of hydrogen-bond acceptors (Lipinski definition) is 7. The van der Waals surface area contributed by atoms with E-state index in [4.69, 9.17) is 16.3 Å². The number of halogens is 1. The Morgan fingerprint density at radius 3 is 2.72 bits per heavy atom. The number of aromatic nitrogens is 4. The summed E-state index contributed by atoms with van der Waals surface area (Å²) in [6.07, 6.45) is 4.82. The number of nitrogens with one attached hydrogen (secondary N) is 2. The third-order valence-electron chi connectivity index (χ3n) is 6.31. The van der Waals surface area contributed by atoms with Gasteiger partial charge < -0.3 is 20.3 Å². The summed E-state index contributed by atoms with van der Waals surface area (Å²) in [4.78, 5) is 49.8. The Morgan fingerprint density at radius 1 is 1.13 bits per heavy atom. The number of carbonyl (C=O) groups is 3. The third kappa shape index (κ3) is 5.43. The molecule has 3 aromatic heterocycles. The fraction of sp³-hybridized carbons (Fsp3) is 0.185. The highest BCUT2D eigenvalue weighted by Crippen LogP contribution is 2.27. The van der Waals surface area contributed by atoms with Crippen molar-refractivity contribution in [2.24, 2.45) is 7.05 Å². The first kappa shape index (κ1) is 25.9. The van der Waals surface area contributed by atoms with E-state index in [9.17, 15) is 14.4 Å². The molecule has 0 spiro atoms. The van der Waals surface area contributed by atoms with Crippen molar-refractivity contribution in [3.05, 3.63) is 94.7 Å². The number of benzene rings is 1. The minimum atomic E-state index is -0.847. The van der Waals surface area contributed by atoms with Crippen LogP contribution in [-0.2, 0) is 24.8 Å². The first-order valence-electron chi connectivity index (χ1n) is 12.0. The summed E-state index contributed by atoms with van der Waals surface area (Å²) >= 11 is 6.51. The molecule has 0 radical (unpaired) electrons. The van der Waals surface area contributed by atoms with Gasteiger partial charge in [-0.3, -0.25) is 24.0 Å². The zero-order chi connectivity index (χ0) is 27.5. The van der Waals surface area contributed by atoms with Gasteiger partial charge in [0.15, 0.2) is 0 Å². The Labute approximate surface area is 228 Å². The van der Waals surface area contributed by atoms with Gasteiger partial charge in [-0.1, -0.05) is 23.7 Å². The van der Waals surface area contributed by atoms with Crippen LogP contribution in [0.5, 0.6) is 5.75 Å². The van der Waals surface area contributed by atoms with Crippen LogP contribution in [0.4, 0.5) is 11.5 Å². The minimum Gasteiger partial charge on any atom is -0.497 e. The van der Waals surface area contributed by atoms with Crippen LogP contribution in [-0.4, -0.2) is 55.5 Å². The number of anilines is 2. The topological polar surface area (TPSA) is 131 Å². The van der Waals surface area contributed by atoms with Crippen LogP contribution >= 0.6 is 11.6 Å². The van der Waals surface area contributed by atoms with E-state index in [1.807, 2.05) is 6.07 Å². The molecule has 0 saturated heterocycles. The molecule has 0 bridgehead atoms. The van der Waals surface area contributed by atoms with Crippen molar-refractivity contribution < 1.29 is 19.1 Å². The Kier molecular flexibility index (Phi) is 7.24. The number of rotatable bonds is 7. The number of methoxy groups -OCH3 is 1. The quantitative estimate of drug-likeness (QED) is 0.364. The summed E-state index contributed by atoms with van der Waals surface area (Å²) < 4.78 is 6.59. The van der Waals surface area contributed by atoms with Crippen molar-refractivity contribution in [3.8, 4) is 5.75 Å². The lowest BCUT2D eigenvalue weighted by atomic mass is 10.1. The summed E-state index contributed by atoms with van der Waals surface area (Å²) in [7, 11) is 3.16. The normalized spacial score (nSPS) is 14.8. The number of hydrogen-bond donors (Lipinski definition) is 2. The maximum atomic E-state index is 13.7. The molecule has 0 aliphatic carbocycles. The molecule has 12 heteroatoms. The van der Waals surface area contributed by atoms with Crippen molar-refractivity contribution in [3.63, 3.8) is 0 Å². The van der Waals surface area contributed by atoms with Crippen LogP contribution in [0.1, 0.15) is 32.1 Å². The van der Waals surface area contributed by atoms with Crippen molar-refractivity contribution in [1.82, 2.24) is 24.6 Å². The first-order valence-corrected chi connectivity index (χ1v) is 12.4. The van der Waals surface area contributed by atoms with Crippen molar-refractivity contribution in [1.29, 1.82) is 0 Å². The summed E-state index contributed by atoms with van der Waals surface area (Å²) in [5, 5.41) is 9.83. The second kappa shape index (κ2) is 10.9. The number of nitrogens with zero attached hydrogens (tertiary/aromatic N) is 5. The zero-order valence-electron chi connectivity index (χ0n) is 21.1. The molecule has 198 valence electrons. The van der Waals surface area contributed by atoms with E-state index >= 15 is 0 Å². The van der Waals surface area contributed by atoms with Crippen LogP contribution < -0.4 is 15.4 Å². The van der Waals surface area contributed by atoms with Gasteiger partial charge in [-0.05, 0) is 35.9 Å². The first-order chi connectivity index (χ1) is 18.8. The van der Waals surface area contributed by atoms with E-state index in [2.05, 4.69) is 25.7 Å². The summed E-state index contributed by atoms with van der Waals surface area (Å²) in [6.45, 7) is 0.0629. The number of pyridine rings is 2. The highest BCUT2D eigenvalue weighted by molar-refractivity contribution is 6.34. The maximum absolute atomic E-state index is 13.7. The molecule has 39 heavy (non-hydrogen) atoms. The van der Waals surface area contributed by atoms with E-state index in [0.717, 1.165) is 0 Å². The van der Waals surface area contributed by atoms with E-state index in [1.54, 1.807) is 55.7 Å². The van der Waals surface area contributed by atoms with Crippen LogP contribution in [0.25, 0.3) is 0 Å². The van der Waals surface area contributed by atoms with E-state index in [1.165, 1.54) is 29.1 Å². The lowest BCUT2D eigenvalue weighted by molar-refractivity contribution is -0.120. The fourth-order valence-corrected chi connectivity index (χ4v) is 4.64. The molecule has 3 amide bonds. The lowest BCUT2D eigenvalue weighted by Crippen LogP contribution is -2.46. The summed E-state index contributed by atoms with van der Waals surface area (Å²) in [6, 6.07) is 12.7. The standard InChI is InChI=1S/C27H24ClN7O4/c1-34-24-21(14-31-34)32-26(37)22(12-17-5-3-4-9-29-17)35(27(24)38)15-16-6-7-19(20(28)11-16)25(36)33-23-13-18(39-2)8-10-30-23/h3-11,13-14,22H,12,15H2,1-2H3,(H,32,37)(H,30,33,36)/t22-/m0/s1. The SMILES string of the molecule is COc1ccnc(NC(=O)c2ccc(CN3C(=O)c4c(cnn4C)NC(=O)[C@@H]3Cc3ccccn3)cc2Cl)c1. The monoisotopic (exact) mass is 545 g/mol. The molecular formula is C27H24ClN7O4. The highest BCUT2D eigenvalue weighted by Gasteiger charge is 2.37. The molecule has 1 atom stereocenters. The number of aryl methyl sites for hydroxylation is 1. The fourth-order valence-electron chi connectivity index (χ4n) is 4.35. The van der Waals surface area contributed by atoms with Gasteiger partial charge >= 0.3 is 0 Å². The van der Waals surface area contributed by atoms with Crippen LogP contribution in [0.15, 0.2) is 67.1 Å². The molecule has 0 fully saturated rings.